The number of guanidine groups is 1. The van der Waals surface area contributed by atoms with Crippen molar-refractivity contribution in [1.82, 2.24) is 15.5 Å². The van der Waals surface area contributed by atoms with Gasteiger partial charge in [0, 0.05) is 19.1 Å². The molecule has 0 saturated carbocycles. The molecule has 0 heterocycles. The maximum Gasteiger partial charge on any atom is 0.209 e. The highest BCUT2D eigenvalue weighted by Crippen LogP contribution is 2.12. The topological polar surface area (TPSA) is 72.7 Å². The van der Waals surface area contributed by atoms with Crippen LogP contribution in [0.3, 0.4) is 0 Å². The minimum atomic E-state index is 0.284. The Hall–Kier alpha value is -3.04. The summed E-state index contributed by atoms with van der Waals surface area (Å²) in [7, 11) is 5.79. The van der Waals surface area contributed by atoms with E-state index in [0.29, 0.717) is 19.0 Å². The molecule has 0 aromatic heterocycles. The number of aliphatic imine (C=N–C) groups is 1. The number of benzene rings is 2. The minimum absolute atomic E-state index is 0.284. The van der Waals surface area contributed by atoms with Crippen LogP contribution in [0.5, 0.6) is 5.75 Å². The predicted molar refractivity (Wildman–Crippen MR) is 113 cm³/mol. The van der Waals surface area contributed by atoms with Gasteiger partial charge >= 0.3 is 0 Å². The zero-order valence-corrected chi connectivity index (χ0v) is 16.9. The largest absolute Gasteiger partial charge is 0.497 e. The van der Waals surface area contributed by atoms with Crippen LogP contribution in [0, 0.1) is 11.5 Å². The van der Waals surface area contributed by atoms with E-state index < -0.39 is 0 Å². The fourth-order valence-corrected chi connectivity index (χ4v) is 2.88. The Labute approximate surface area is 167 Å². The highest BCUT2D eigenvalue weighted by Gasteiger charge is 2.13. The Morgan fingerprint density at radius 1 is 1.11 bits per heavy atom. The van der Waals surface area contributed by atoms with E-state index in [-0.39, 0.29) is 6.04 Å². The zero-order chi connectivity index (χ0) is 20.2. The lowest BCUT2D eigenvalue weighted by Crippen LogP contribution is -2.46. The molecule has 0 saturated heterocycles. The van der Waals surface area contributed by atoms with E-state index in [2.05, 4.69) is 65.0 Å². The van der Waals surface area contributed by atoms with Crippen molar-refractivity contribution < 1.29 is 4.74 Å². The molecule has 2 N–H and O–H groups in total. The Kier molecular flexibility index (Phi) is 8.83. The molecule has 2 aromatic carbocycles. The van der Waals surface area contributed by atoms with Gasteiger partial charge in [-0.15, -0.1) is 4.99 Å². The van der Waals surface area contributed by atoms with E-state index in [0.717, 1.165) is 18.6 Å². The fraction of sp³-hybridized carbons (Fsp3) is 0.364. The third-order valence-corrected chi connectivity index (χ3v) is 4.55. The molecule has 0 spiro atoms. The first-order valence-electron chi connectivity index (χ1n) is 9.40. The van der Waals surface area contributed by atoms with Gasteiger partial charge in [-0.25, -0.2) is 0 Å². The van der Waals surface area contributed by atoms with E-state index >= 15 is 0 Å². The third-order valence-electron chi connectivity index (χ3n) is 4.55. The van der Waals surface area contributed by atoms with Gasteiger partial charge in [-0.05, 0) is 50.2 Å². The fourth-order valence-electron chi connectivity index (χ4n) is 2.88. The van der Waals surface area contributed by atoms with Crippen molar-refractivity contribution >= 4 is 5.96 Å². The van der Waals surface area contributed by atoms with Crippen LogP contribution in [-0.2, 0) is 12.8 Å². The zero-order valence-electron chi connectivity index (χ0n) is 16.9. The quantitative estimate of drug-likeness (QED) is 0.398. The van der Waals surface area contributed by atoms with Crippen molar-refractivity contribution in [1.29, 1.82) is 5.26 Å². The summed E-state index contributed by atoms with van der Waals surface area (Å²) in [5.41, 5.74) is 2.45. The number of nitriles is 1. The maximum atomic E-state index is 8.99. The highest BCUT2D eigenvalue weighted by atomic mass is 16.5. The first-order valence-corrected chi connectivity index (χ1v) is 9.40. The number of nitrogens with zero attached hydrogens (tertiary/aromatic N) is 3. The molecule has 6 nitrogen and oxygen atoms in total. The van der Waals surface area contributed by atoms with Crippen LogP contribution in [0.2, 0.25) is 0 Å². The summed E-state index contributed by atoms with van der Waals surface area (Å²) in [6.45, 7) is 1.36. The maximum absolute atomic E-state index is 8.99. The molecule has 28 heavy (non-hydrogen) atoms. The second-order valence-corrected chi connectivity index (χ2v) is 6.78. The van der Waals surface area contributed by atoms with Crippen LogP contribution in [0.4, 0.5) is 0 Å². The van der Waals surface area contributed by atoms with Gasteiger partial charge in [0.15, 0.2) is 0 Å². The van der Waals surface area contributed by atoms with Crippen molar-refractivity contribution in [3.8, 4) is 11.9 Å². The Morgan fingerprint density at radius 2 is 1.86 bits per heavy atom. The van der Waals surface area contributed by atoms with Crippen LogP contribution in [-0.4, -0.2) is 51.2 Å². The monoisotopic (exact) mass is 379 g/mol. The molecule has 2 aromatic rings. The van der Waals surface area contributed by atoms with Gasteiger partial charge in [0.1, 0.15) is 5.75 Å². The Morgan fingerprint density at radius 3 is 2.54 bits per heavy atom. The van der Waals surface area contributed by atoms with E-state index in [1.807, 2.05) is 30.5 Å². The van der Waals surface area contributed by atoms with Crippen LogP contribution in [0.25, 0.3) is 0 Å². The van der Waals surface area contributed by atoms with Gasteiger partial charge in [-0.3, -0.25) is 0 Å². The number of rotatable bonds is 9. The molecule has 1 atom stereocenters. The van der Waals surface area contributed by atoms with Gasteiger partial charge in [0.25, 0.3) is 0 Å². The normalized spacial score (nSPS) is 12.3. The van der Waals surface area contributed by atoms with Crippen LogP contribution >= 0.6 is 0 Å². The lowest BCUT2D eigenvalue weighted by Gasteiger charge is -2.25. The van der Waals surface area contributed by atoms with Gasteiger partial charge < -0.3 is 20.3 Å². The van der Waals surface area contributed by atoms with Crippen molar-refractivity contribution in [2.45, 2.75) is 18.9 Å². The van der Waals surface area contributed by atoms with E-state index in [1.54, 1.807) is 7.11 Å². The first-order chi connectivity index (χ1) is 13.6. The summed E-state index contributed by atoms with van der Waals surface area (Å²) in [4.78, 5) is 6.06. The van der Waals surface area contributed by atoms with Crippen molar-refractivity contribution in [2.24, 2.45) is 4.99 Å². The molecular formula is C22H29N5O. The van der Waals surface area contributed by atoms with Crippen molar-refractivity contribution in [2.75, 3.05) is 34.3 Å². The van der Waals surface area contributed by atoms with E-state index in [1.165, 1.54) is 11.1 Å². The Balaban J connectivity index is 1.87. The van der Waals surface area contributed by atoms with E-state index in [9.17, 15) is 0 Å². The molecule has 0 bridgehead atoms. The van der Waals surface area contributed by atoms with Gasteiger partial charge in [0.05, 0.1) is 7.11 Å². The lowest BCUT2D eigenvalue weighted by molar-refractivity contribution is 0.290. The van der Waals surface area contributed by atoms with Gasteiger partial charge in [0.2, 0.25) is 12.2 Å². The number of likely N-dealkylation sites (N-methyl/N-ethyl adjacent to an activating group) is 1. The lowest BCUT2D eigenvalue weighted by atomic mass is 10.1. The summed E-state index contributed by atoms with van der Waals surface area (Å²) < 4.78 is 5.25. The van der Waals surface area contributed by atoms with Crippen LogP contribution in [0.1, 0.15) is 11.1 Å². The standard InChI is InChI=1S/C22H29N5O/c1-27(2)20(14-18-8-5-4-6-9-18)16-25-22(26-17-23)24-13-12-19-10-7-11-21(15-19)28-3/h4-11,15,20H,12-14,16H2,1-3H3,(H2,24,25,26). The number of hydrogen-bond donors (Lipinski definition) is 2. The van der Waals surface area contributed by atoms with Crippen LogP contribution in [0.15, 0.2) is 59.6 Å². The molecule has 6 heteroatoms. The molecule has 0 aliphatic carbocycles. The molecule has 2 rings (SSSR count). The average molecular weight is 380 g/mol. The first kappa shape index (κ1) is 21.3. The van der Waals surface area contributed by atoms with Gasteiger partial charge in [-0.2, -0.15) is 5.26 Å². The molecular weight excluding hydrogens is 350 g/mol. The second-order valence-electron chi connectivity index (χ2n) is 6.78. The highest BCUT2D eigenvalue weighted by molar-refractivity contribution is 5.80. The smallest absolute Gasteiger partial charge is 0.209 e. The molecule has 0 radical (unpaired) electrons. The second kappa shape index (κ2) is 11.6. The molecule has 1 unspecified atom stereocenters. The van der Waals surface area contributed by atoms with Crippen molar-refractivity contribution in [3.05, 3.63) is 65.7 Å². The summed E-state index contributed by atoms with van der Waals surface area (Å²) in [6, 6.07) is 18.6. The molecule has 0 aliphatic heterocycles. The average Bonchev–Trinajstić information content (AvgIpc) is 2.71. The SMILES string of the molecule is COc1cccc(CCN/C(=N\C#N)NCC(Cc2ccccc2)N(C)C)c1. The van der Waals surface area contributed by atoms with Gasteiger partial charge in [-0.1, -0.05) is 42.5 Å². The summed E-state index contributed by atoms with van der Waals surface area (Å²) in [5.74, 6) is 1.35. The third kappa shape index (κ3) is 7.29. The van der Waals surface area contributed by atoms with Crippen molar-refractivity contribution in [3.63, 3.8) is 0 Å². The van der Waals surface area contributed by atoms with Crippen LogP contribution < -0.4 is 15.4 Å². The summed E-state index contributed by atoms with van der Waals surface area (Å²) in [6.07, 6.45) is 3.60. The molecule has 148 valence electrons. The summed E-state index contributed by atoms with van der Waals surface area (Å²) >= 11 is 0. The molecule has 0 amide bonds. The number of hydrogen-bond acceptors (Lipinski definition) is 4. The molecule has 0 aliphatic rings. The Bertz CT molecular complexity index is 783. The molecule has 0 fully saturated rings. The minimum Gasteiger partial charge on any atom is -0.497 e. The number of ether oxygens (including phenoxy) is 1. The predicted octanol–water partition coefficient (Wildman–Crippen LogP) is 2.43. The number of nitrogens with one attached hydrogen (secondary N) is 2. The summed E-state index contributed by atoms with van der Waals surface area (Å²) in [5, 5.41) is 15.5. The van der Waals surface area contributed by atoms with E-state index in [4.69, 9.17) is 10.00 Å². The number of methoxy groups -OCH3 is 1.